The van der Waals surface area contributed by atoms with Gasteiger partial charge in [-0.05, 0) is 26.8 Å². The molecule has 1 rings (SSSR count). The van der Waals surface area contributed by atoms with Crippen molar-refractivity contribution < 1.29 is 4.74 Å². The van der Waals surface area contributed by atoms with E-state index in [-0.39, 0.29) is 11.6 Å². The summed E-state index contributed by atoms with van der Waals surface area (Å²) in [5, 5.41) is 3.44. The predicted octanol–water partition coefficient (Wildman–Crippen LogP) is 1.10. The summed E-state index contributed by atoms with van der Waals surface area (Å²) in [7, 11) is 0. The molecular weight excluding hydrogens is 200 g/mol. The number of nitrogens with one attached hydrogen (secondary N) is 1. The third-order valence-electron chi connectivity index (χ3n) is 3.30. The lowest BCUT2D eigenvalue weighted by Crippen LogP contribution is -2.60. The van der Waals surface area contributed by atoms with Gasteiger partial charge in [-0.3, -0.25) is 4.90 Å². The smallest absolute Gasteiger partial charge is 0.0868 e. The van der Waals surface area contributed by atoms with E-state index in [1.54, 1.807) is 0 Å². The second-order valence-electron chi connectivity index (χ2n) is 4.81. The highest BCUT2D eigenvalue weighted by atomic mass is 16.5. The van der Waals surface area contributed by atoms with Crippen molar-refractivity contribution in [2.75, 3.05) is 32.8 Å². The molecule has 1 unspecified atom stereocenters. The van der Waals surface area contributed by atoms with Crippen LogP contribution in [0.25, 0.3) is 0 Å². The van der Waals surface area contributed by atoms with Crippen LogP contribution in [0.2, 0.25) is 0 Å². The molecule has 1 atom stereocenters. The minimum atomic E-state index is -0.00625. The van der Waals surface area contributed by atoms with Gasteiger partial charge in [0, 0.05) is 18.6 Å². The largest absolute Gasteiger partial charge is 0.379 e. The van der Waals surface area contributed by atoms with Crippen LogP contribution in [0.3, 0.4) is 0 Å². The Kier molecular flexibility index (Phi) is 5.27. The van der Waals surface area contributed by atoms with E-state index < -0.39 is 0 Å². The van der Waals surface area contributed by atoms with Crippen molar-refractivity contribution in [3.8, 4) is 12.3 Å². The van der Waals surface area contributed by atoms with Crippen LogP contribution in [-0.2, 0) is 4.74 Å². The van der Waals surface area contributed by atoms with Crippen molar-refractivity contribution in [2.24, 2.45) is 0 Å². The summed E-state index contributed by atoms with van der Waals surface area (Å²) in [6.07, 6.45) is 6.74. The molecule has 1 fully saturated rings. The van der Waals surface area contributed by atoms with Gasteiger partial charge in [-0.1, -0.05) is 12.8 Å². The Hall–Kier alpha value is -0.560. The van der Waals surface area contributed by atoms with Crippen LogP contribution in [0, 0.1) is 12.3 Å². The average molecular weight is 224 g/mol. The Labute approximate surface area is 99.5 Å². The fourth-order valence-corrected chi connectivity index (χ4v) is 2.12. The maximum absolute atomic E-state index is 5.64. The molecule has 0 aromatic carbocycles. The van der Waals surface area contributed by atoms with Gasteiger partial charge in [-0.2, -0.15) is 0 Å². The molecule has 0 bridgehead atoms. The summed E-state index contributed by atoms with van der Waals surface area (Å²) in [4.78, 5) is 2.42. The lowest BCUT2D eigenvalue weighted by molar-refractivity contribution is -0.0165. The normalized spacial score (nSPS) is 20.4. The van der Waals surface area contributed by atoms with Gasteiger partial charge in [0.15, 0.2) is 0 Å². The number of nitrogens with zero attached hydrogens (tertiary/aromatic N) is 1. The predicted molar refractivity (Wildman–Crippen MR) is 67.4 cm³/mol. The van der Waals surface area contributed by atoms with Crippen LogP contribution in [-0.4, -0.2) is 49.3 Å². The lowest BCUT2D eigenvalue weighted by Gasteiger charge is -2.44. The second kappa shape index (κ2) is 6.24. The standard InChI is InChI=1S/C13H24N2O/c1-5-7-14-12(6-2)13(3,4)15-8-10-16-11-9-15/h2,12,14H,5,7-11H2,1,3-4H3. The topological polar surface area (TPSA) is 24.5 Å². The number of rotatable bonds is 5. The second-order valence-corrected chi connectivity index (χ2v) is 4.81. The maximum atomic E-state index is 5.64. The molecule has 3 nitrogen and oxygen atoms in total. The summed E-state index contributed by atoms with van der Waals surface area (Å²) in [5.74, 6) is 2.88. The summed E-state index contributed by atoms with van der Waals surface area (Å²) in [6, 6.07) is 0.102. The van der Waals surface area contributed by atoms with Crippen molar-refractivity contribution in [1.82, 2.24) is 10.2 Å². The average Bonchev–Trinajstić information content (AvgIpc) is 2.31. The Morgan fingerprint density at radius 1 is 1.44 bits per heavy atom. The first-order valence-corrected chi connectivity index (χ1v) is 6.15. The van der Waals surface area contributed by atoms with E-state index in [4.69, 9.17) is 11.2 Å². The third-order valence-corrected chi connectivity index (χ3v) is 3.30. The van der Waals surface area contributed by atoms with Crippen molar-refractivity contribution in [2.45, 2.75) is 38.8 Å². The summed E-state index contributed by atoms with van der Waals surface area (Å²) in [6.45, 7) is 11.1. The first-order chi connectivity index (χ1) is 7.62. The van der Waals surface area contributed by atoms with Crippen LogP contribution >= 0.6 is 0 Å². The molecule has 1 saturated heterocycles. The maximum Gasteiger partial charge on any atom is 0.0868 e. The number of ether oxygens (including phenoxy) is 1. The van der Waals surface area contributed by atoms with E-state index in [0.717, 1.165) is 39.3 Å². The zero-order chi connectivity index (χ0) is 12.0. The molecule has 0 aromatic rings. The Balaban J connectivity index is 2.60. The Morgan fingerprint density at radius 2 is 2.06 bits per heavy atom. The van der Waals surface area contributed by atoms with Crippen LogP contribution in [0.1, 0.15) is 27.2 Å². The van der Waals surface area contributed by atoms with Gasteiger partial charge in [0.25, 0.3) is 0 Å². The van der Waals surface area contributed by atoms with Crippen molar-refractivity contribution in [1.29, 1.82) is 0 Å². The fourth-order valence-electron chi connectivity index (χ4n) is 2.12. The van der Waals surface area contributed by atoms with E-state index in [9.17, 15) is 0 Å². The zero-order valence-electron chi connectivity index (χ0n) is 10.8. The first-order valence-electron chi connectivity index (χ1n) is 6.15. The molecule has 0 aliphatic carbocycles. The van der Waals surface area contributed by atoms with Crippen molar-refractivity contribution in [3.05, 3.63) is 0 Å². The summed E-state index contributed by atoms with van der Waals surface area (Å²) in [5.41, 5.74) is -0.00625. The molecule has 1 heterocycles. The van der Waals surface area contributed by atoms with Crippen molar-refractivity contribution >= 4 is 0 Å². The molecule has 0 amide bonds. The Bertz CT molecular complexity index is 239. The molecule has 0 radical (unpaired) electrons. The number of hydrogen-bond donors (Lipinski definition) is 1. The van der Waals surface area contributed by atoms with Crippen LogP contribution < -0.4 is 5.32 Å². The number of morpholine rings is 1. The van der Waals surface area contributed by atoms with E-state index in [1.165, 1.54) is 0 Å². The van der Waals surface area contributed by atoms with Gasteiger partial charge < -0.3 is 10.1 Å². The van der Waals surface area contributed by atoms with Gasteiger partial charge >= 0.3 is 0 Å². The molecule has 1 N–H and O–H groups in total. The van der Waals surface area contributed by atoms with Crippen molar-refractivity contribution in [3.63, 3.8) is 0 Å². The van der Waals surface area contributed by atoms with E-state index >= 15 is 0 Å². The monoisotopic (exact) mass is 224 g/mol. The van der Waals surface area contributed by atoms with Gasteiger partial charge in [-0.25, -0.2) is 0 Å². The molecule has 1 aliphatic rings. The quantitative estimate of drug-likeness (QED) is 0.708. The minimum Gasteiger partial charge on any atom is -0.379 e. The summed E-state index contributed by atoms with van der Waals surface area (Å²) < 4.78 is 5.38. The number of terminal acetylenes is 1. The van der Waals surface area contributed by atoms with E-state index in [0.29, 0.717) is 0 Å². The molecule has 16 heavy (non-hydrogen) atoms. The SMILES string of the molecule is C#CC(NCCC)C(C)(C)N1CCOCC1. The molecular formula is C13H24N2O. The number of hydrogen-bond acceptors (Lipinski definition) is 3. The molecule has 0 saturated carbocycles. The molecule has 3 heteroatoms. The van der Waals surface area contributed by atoms with E-state index in [2.05, 4.69) is 36.9 Å². The lowest BCUT2D eigenvalue weighted by atomic mass is 9.92. The van der Waals surface area contributed by atoms with Gasteiger partial charge in [0.05, 0.1) is 19.3 Å². The molecule has 1 aliphatic heterocycles. The molecule has 92 valence electrons. The highest BCUT2D eigenvalue weighted by molar-refractivity contribution is 5.11. The molecule has 0 spiro atoms. The Morgan fingerprint density at radius 3 is 2.56 bits per heavy atom. The van der Waals surface area contributed by atoms with E-state index in [1.807, 2.05) is 0 Å². The molecule has 0 aromatic heterocycles. The van der Waals surface area contributed by atoms with Gasteiger partial charge in [0.2, 0.25) is 0 Å². The third kappa shape index (κ3) is 3.21. The first kappa shape index (κ1) is 13.5. The van der Waals surface area contributed by atoms with Gasteiger partial charge in [0.1, 0.15) is 0 Å². The minimum absolute atomic E-state index is 0.00625. The highest BCUT2D eigenvalue weighted by Crippen LogP contribution is 2.20. The van der Waals surface area contributed by atoms with Crippen LogP contribution in [0.15, 0.2) is 0 Å². The fraction of sp³-hybridized carbons (Fsp3) is 0.846. The van der Waals surface area contributed by atoms with Crippen LogP contribution in [0.5, 0.6) is 0 Å². The highest BCUT2D eigenvalue weighted by Gasteiger charge is 2.34. The summed E-state index contributed by atoms with van der Waals surface area (Å²) >= 11 is 0. The zero-order valence-corrected chi connectivity index (χ0v) is 10.8. The van der Waals surface area contributed by atoms with Crippen LogP contribution in [0.4, 0.5) is 0 Å². The van der Waals surface area contributed by atoms with Gasteiger partial charge in [-0.15, -0.1) is 6.42 Å².